The first kappa shape index (κ1) is 31.0. The third-order valence-electron chi connectivity index (χ3n) is 6.76. The highest BCUT2D eigenvalue weighted by Crippen LogP contribution is 2.39. The van der Waals surface area contributed by atoms with Crippen molar-refractivity contribution < 1.29 is 43.5 Å². The van der Waals surface area contributed by atoms with Crippen LogP contribution in [0, 0.1) is 0 Å². The van der Waals surface area contributed by atoms with Crippen molar-refractivity contribution in [2.45, 2.75) is 31.7 Å². The van der Waals surface area contributed by atoms with Gasteiger partial charge in [0.05, 0.1) is 34.0 Å². The summed E-state index contributed by atoms with van der Waals surface area (Å²) in [4.78, 5) is 31.4. The number of rotatable bonds is 10. The third kappa shape index (κ3) is 7.98. The van der Waals surface area contributed by atoms with Crippen LogP contribution >= 0.6 is 0 Å². The predicted octanol–water partition coefficient (Wildman–Crippen LogP) is 4.12. The van der Waals surface area contributed by atoms with Crippen LogP contribution in [0.15, 0.2) is 54.6 Å². The number of ketones is 1. The van der Waals surface area contributed by atoms with Gasteiger partial charge in [-0.05, 0) is 72.3 Å². The highest BCUT2D eigenvalue weighted by molar-refractivity contribution is 6.27. The van der Waals surface area contributed by atoms with Crippen LogP contribution in [0.1, 0.15) is 45.1 Å². The topological polar surface area (TPSA) is 141 Å². The number of methoxy groups -OCH3 is 4. The average Bonchev–Trinajstić information content (AvgIpc) is 2.99. The third-order valence-corrected chi connectivity index (χ3v) is 6.76. The molecule has 0 spiro atoms. The van der Waals surface area contributed by atoms with Crippen molar-refractivity contribution >= 4 is 17.7 Å². The van der Waals surface area contributed by atoms with Crippen LogP contribution in [0.2, 0.25) is 0 Å². The highest BCUT2D eigenvalue weighted by Gasteiger charge is 2.25. The second kappa shape index (κ2) is 14.7. The number of ether oxygens (including phenoxy) is 4. The second-order valence-corrected chi connectivity index (χ2v) is 9.28. The van der Waals surface area contributed by atoms with Gasteiger partial charge in [-0.25, -0.2) is 9.59 Å². The van der Waals surface area contributed by atoms with Crippen molar-refractivity contribution in [2.75, 3.05) is 35.0 Å². The number of nitrogens with one attached hydrogen (secondary N) is 1. The zero-order chi connectivity index (χ0) is 29.9. The maximum Gasteiger partial charge on any atom is 0.414 e. The Balaban J connectivity index is 0.000000696. The Bertz CT molecular complexity index is 1330. The number of aryl methyl sites for hydroxylation is 1. The van der Waals surface area contributed by atoms with Gasteiger partial charge in [-0.2, -0.15) is 0 Å². The minimum Gasteiger partial charge on any atom is -0.496 e. The number of carboxylic acid groups (broad SMARTS) is 2. The molecule has 41 heavy (non-hydrogen) atoms. The summed E-state index contributed by atoms with van der Waals surface area (Å²) in [5, 5.41) is 18.4. The fraction of sp³-hybridized carbons (Fsp3) is 0.323. The molecule has 0 aromatic heterocycles. The van der Waals surface area contributed by atoms with Gasteiger partial charge in [-0.15, -0.1) is 0 Å². The molecule has 10 heteroatoms. The van der Waals surface area contributed by atoms with Gasteiger partial charge < -0.3 is 34.5 Å². The van der Waals surface area contributed by atoms with Crippen molar-refractivity contribution in [1.82, 2.24) is 5.32 Å². The lowest BCUT2D eigenvalue weighted by Gasteiger charge is -2.28. The first-order chi connectivity index (χ1) is 19.7. The Morgan fingerprint density at radius 1 is 0.805 bits per heavy atom. The van der Waals surface area contributed by atoms with Gasteiger partial charge in [0, 0.05) is 12.5 Å². The van der Waals surface area contributed by atoms with Crippen LogP contribution < -0.4 is 24.3 Å². The van der Waals surface area contributed by atoms with E-state index in [-0.39, 0.29) is 11.8 Å². The van der Waals surface area contributed by atoms with Crippen molar-refractivity contribution in [3.05, 3.63) is 82.4 Å². The van der Waals surface area contributed by atoms with E-state index in [0.717, 1.165) is 36.9 Å². The van der Waals surface area contributed by atoms with Crippen molar-refractivity contribution in [1.29, 1.82) is 0 Å². The molecule has 0 fully saturated rings. The van der Waals surface area contributed by atoms with Gasteiger partial charge in [-0.1, -0.05) is 30.3 Å². The van der Waals surface area contributed by atoms with Crippen molar-refractivity contribution in [3.63, 3.8) is 0 Å². The number of Topliss-reactive ketones (excluding diaryl/α,β-unsaturated/α-hetero) is 1. The highest BCUT2D eigenvalue weighted by atomic mass is 16.5. The average molecular weight is 566 g/mol. The zero-order valence-corrected chi connectivity index (χ0v) is 23.6. The van der Waals surface area contributed by atoms with Crippen LogP contribution in [0.3, 0.4) is 0 Å². The summed E-state index contributed by atoms with van der Waals surface area (Å²) in [6.45, 7) is 0.882. The number of hydrogen-bond donors (Lipinski definition) is 3. The Morgan fingerprint density at radius 3 is 1.95 bits per heavy atom. The van der Waals surface area contributed by atoms with Gasteiger partial charge in [0.2, 0.25) is 5.75 Å². The Hall–Kier alpha value is -4.57. The summed E-state index contributed by atoms with van der Waals surface area (Å²) < 4.78 is 22.1. The SMILES string of the molecule is COc1cc2c(cc1C(=O)Cc1ccccc1)C(CCc1cc(OC)c(OC)c(OC)c1)NCC2.O=C(O)C(=O)O. The quantitative estimate of drug-likeness (QED) is 0.243. The maximum absolute atomic E-state index is 13.2. The molecule has 1 unspecified atom stereocenters. The zero-order valence-electron chi connectivity index (χ0n) is 23.6. The van der Waals surface area contributed by atoms with E-state index in [4.69, 9.17) is 38.7 Å². The lowest BCUT2D eigenvalue weighted by molar-refractivity contribution is -0.159. The lowest BCUT2D eigenvalue weighted by atomic mass is 9.87. The van der Waals surface area contributed by atoms with Crippen molar-refractivity contribution in [3.8, 4) is 23.0 Å². The minimum absolute atomic E-state index is 0.0600. The van der Waals surface area contributed by atoms with Gasteiger partial charge in [0.25, 0.3) is 0 Å². The van der Waals surface area contributed by atoms with E-state index in [1.807, 2.05) is 54.6 Å². The normalized spacial score (nSPS) is 13.6. The molecular formula is C31H35NO9. The van der Waals surface area contributed by atoms with Crippen molar-refractivity contribution in [2.24, 2.45) is 0 Å². The van der Waals surface area contributed by atoms with E-state index in [1.54, 1.807) is 28.4 Å². The molecule has 3 aromatic rings. The molecule has 0 aliphatic carbocycles. The molecular weight excluding hydrogens is 530 g/mol. The molecule has 1 heterocycles. The molecule has 1 aliphatic rings. The van der Waals surface area contributed by atoms with E-state index >= 15 is 0 Å². The van der Waals surface area contributed by atoms with Crippen LogP contribution in [-0.4, -0.2) is 62.9 Å². The number of aliphatic carboxylic acids is 2. The van der Waals surface area contributed by atoms with Crippen LogP contribution in [0.5, 0.6) is 23.0 Å². The number of fused-ring (bicyclic) bond motifs is 1. The van der Waals surface area contributed by atoms with E-state index in [0.29, 0.717) is 35.0 Å². The number of benzene rings is 3. The van der Waals surface area contributed by atoms with Gasteiger partial charge in [-0.3, -0.25) is 4.79 Å². The number of carboxylic acids is 2. The molecule has 0 amide bonds. The summed E-state index contributed by atoms with van der Waals surface area (Å²) >= 11 is 0. The van der Waals surface area contributed by atoms with E-state index < -0.39 is 11.9 Å². The minimum atomic E-state index is -1.82. The van der Waals surface area contributed by atoms with Crippen LogP contribution in [0.4, 0.5) is 0 Å². The second-order valence-electron chi connectivity index (χ2n) is 9.28. The number of hydrogen-bond acceptors (Lipinski definition) is 8. The summed E-state index contributed by atoms with van der Waals surface area (Å²) in [7, 11) is 6.49. The fourth-order valence-electron chi connectivity index (χ4n) is 4.78. The summed E-state index contributed by atoms with van der Waals surface area (Å²) in [6, 6.07) is 18.0. The molecule has 0 saturated carbocycles. The standard InChI is InChI=1S/C29H33NO5.C2H2O4/c1-32-26-17-21-12-13-30-24(11-10-20-15-27(33-2)29(35-4)28(16-20)34-3)22(21)18-23(26)25(31)14-19-8-6-5-7-9-19;3-1(4)2(5)6/h5-9,15-18,24,30H,10-14H2,1-4H3;(H,3,4)(H,5,6). The monoisotopic (exact) mass is 565 g/mol. The molecule has 3 N–H and O–H groups in total. The van der Waals surface area contributed by atoms with Crippen LogP contribution in [-0.2, 0) is 28.9 Å². The van der Waals surface area contributed by atoms with Gasteiger partial charge in [0.1, 0.15) is 5.75 Å². The predicted molar refractivity (Wildman–Crippen MR) is 152 cm³/mol. The largest absolute Gasteiger partial charge is 0.496 e. The summed E-state index contributed by atoms with van der Waals surface area (Å²) in [5.41, 5.74) is 5.13. The molecule has 0 radical (unpaired) electrons. The molecule has 10 nitrogen and oxygen atoms in total. The Kier molecular flexibility index (Phi) is 11.1. The first-order valence-electron chi connectivity index (χ1n) is 13.0. The smallest absolute Gasteiger partial charge is 0.414 e. The Labute approximate surface area is 238 Å². The maximum atomic E-state index is 13.2. The Morgan fingerprint density at radius 2 is 1.41 bits per heavy atom. The fourth-order valence-corrected chi connectivity index (χ4v) is 4.78. The molecule has 0 bridgehead atoms. The molecule has 4 rings (SSSR count). The molecule has 218 valence electrons. The first-order valence-corrected chi connectivity index (χ1v) is 13.0. The molecule has 1 atom stereocenters. The molecule has 3 aromatic carbocycles. The lowest BCUT2D eigenvalue weighted by Crippen LogP contribution is -2.30. The summed E-state index contributed by atoms with van der Waals surface area (Å²) in [5.74, 6) is -1.05. The van der Waals surface area contributed by atoms with E-state index in [2.05, 4.69) is 5.32 Å². The molecule has 1 aliphatic heterocycles. The van der Waals surface area contributed by atoms with E-state index in [1.165, 1.54) is 11.1 Å². The van der Waals surface area contributed by atoms with Gasteiger partial charge in [0.15, 0.2) is 17.3 Å². The van der Waals surface area contributed by atoms with Crippen LogP contribution in [0.25, 0.3) is 0 Å². The number of carbonyl (C=O) groups is 3. The number of carbonyl (C=O) groups excluding carboxylic acids is 1. The molecule has 0 saturated heterocycles. The van der Waals surface area contributed by atoms with E-state index in [9.17, 15) is 4.79 Å². The summed E-state index contributed by atoms with van der Waals surface area (Å²) in [6.07, 6.45) is 2.93. The van der Waals surface area contributed by atoms with Gasteiger partial charge >= 0.3 is 11.9 Å².